The number of aromatic nitrogens is 1. The van der Waals surface area contributed by atoms with Gasteiger partial charge in [-0.25, -0.2) is 4.98 Å². The standard InChI is InChI=1S/C16H12ClN3O3S/c17-12-7-10(8-13-14(12)23-4-1-3-22-13)6-11(9-18)15(21)20-16-19-2-5-24-16/h2,5-8H,1,3-4H2,(H,19,20,21)/b11-6+. The van der Waals surface area contributed by atoms with Gasteiger partial charge in [0.05, 0.1) is 18.2 Å². The van der Waals surface area contributed by atoms with Gasteiger partial charge in [-0.05, 0) is 23.8 Å². The van der Waals surface area contributed by atoms with Crippen molar-refractivity contribution >= 4 is 40.1 Å². The highest BCUT2D eigenvalue weighted by molar-refractivity contribution is 7.13. The number of nitrogens with zero attached hydrogens (tertiary/aromatic N) is 2. The molecule has 1 aromatic heterocycles. The van der Waals surface area contributed by atoms with E-state index in [1.165, 1.54) is 17.4 Å². The summed E-state index contributed by atoms with van der Waals surface area (Å²) in [7, 11) is 0. The van der Waals surface area contributed by atoms with Gasteiger partial charge in [-0.1, -0.05) is 11.6 Å². The number of thiazole rings is 1. The number of fused-ring (bicyclic) bond motifs is 1. The number of hydrogen-bond acceptors (Lipinski definition) is 6. The molecule has 1 aliphatic rings. The Hall–Kier alpha value is -2.56. The van der Waals surface area contributed by atoms with Crippen LogP contribution in [0.25, 0.3) is 6.08 Å². The van der Waals surface area contributed by atoms with E-state index in [4.69, 9.17) is 21.1 Å². The summed E-state index contributed by atoms with van der Waals surface area (Å²) in [6.45, 7) is 1.05. The number of halogens is 1. The maximum absolute atomic E-state index is 12.2. The van der Waals surface area contributed by atoms with E-state index in [1.807, 2.05) is 6.07 Å². The summed E-state index contributed by atoms with van der Waals surface area (Å²) in [6, 6.07) is 5.21. The first-order valence-electron chi connectivity index (χ1n) is 7.09. The lowest BCUT2D eigenvalue weighted by Crippen LogP contribution is -2.13. The van der Waals surface area contributed by atoms with E-state index in [0.717, 1.165) is 6.42 Å². The van der Waals surface area contributed by atoms with Crippen LogP contribution in [0.3, 0.4) is 0 Å². The first kappa shape index (κ1) is 16.3. The van der Waals surface area contributed by atoms with Crippen molar-refractivity contribution in [3.05, 3.63) is 39.9 Å². The minimum absolute atomic E-state index is 0.0595. The Kier molecular flexibility index (Phi) is 4.99. The minimum Gasteiger partial charge on any atom is -0.489 e. The van der Waals surface area contributed by atoms with Crippen molar-refractivity contribution < 1.29 is 14.3 Å². The van der Waals surface area contributed by atoms with Gasteiger partial charge in [0.25, 0.3) is 5.91 Å². The van der Waals surface area contributed by atoms with E-state index < -0.39 is 5.91 Å². The van der Waals surface area contributed by atoms with Gasteiger partial charge >= 0.3 is 0 Å². The third-order valence-electron chi connectivity index (χ3n) is 3.15. The second-order valence-electron chi connectivity index (χ2n) is 4.84. The SMILES string of the molecule is N#C/C(=C\c1cc(Cl)c2c(c1)OCCCO2)C(=O)Nc1nccs1. The summed E-state index contributed by atoms with van der Waals surface area (Å²) in [4.78, 5) is 16.1. The van der Waals surface area contributed by atoms with E-state index in [2.05, 4.69) is 10.3 Å². The largest absolute Gasteiger partial charge is 0.489 e. The Morgan fingerprint density at radius 2 is 2.25 bits per heavy atom. The van der Waals surface area contributed by atoms with E-state index in [-0.39, 0.29) is 5.57 Å². The van der Waals surface area contributed by atoms with Crippen LogP contribution in [-0.2, 0) is 4.79 Å². The number of anilines is 1. The van der Waals surface area contributed by atoms with Crippen LogP contribution < -0.4 is 14.8 Å². The number of carbonyl (C=O) groups excluding carboxylic acids is 1. The molecule has 0 radical (unpaired) electrons. The molecule has 0 unspecified atom stereocenters. The Bertz CT molecular complexity index is 828. The fraction of sp³-hybridized carbons (Fsp3) is 0.188. The minimum atomic E-state index is -0.532. The molecule has 0 saturated carbocycles. The van der Waals surface area contributed by atoms with Gasteiger partial charge in [0.15, 0.2) is 16.6 Å². The van der Waals surface area contributed by atoms with Crippen molar-refractivity contribution in [3.8, 4) is 17.6 Å². The van der Waals surface area contributed by atoms with Gasteiger partial charge in [0, 0.05) is 18.0 Å². The molecule has 1 N–H and O–H groups in total. The number of ether oxygens (including phenoxy) is 2. The highest BCUT2D eigenvalue weighted by Gasteiger charge is 2.16. The zero-order chi connectivity index (χ0) is 16.9. The summed E-state index contributed by atoms with van der Waals surface area (Å²) >= 11 is 7.49. The third-order valence-corrected chi connectivity index (χ3v) is 4.12. The van der Waals surface area contributed by atoms with Gasteiger partial charge in [0.1, 0.15) is 11.6 Å². The van der Waals surface area contributed by atoms with Gasteiger partial charge in [-0.15, -0.1) is 11.3 Å². The van der Waals surface area contributed by atoms with E-state index in [0.29, 0.717) is 40.4 Å². The van der Waals surface area contributed by atoms with Gasteiger partial charge in [-0.3, -0.25) is 10.1 Å². The van der Waals surface area contributed by atoms with Crippen LogP contribution in [-0.4, -0.2) is 24.1 Å². The molecule has 1 amide bonds. The summed E-state index contributed by atoms with van der Waals surface area (Å²) in [5.74, 6) is 0.455. The zero-order valence-corrected chi connectivity index (χ0v) is 14.0. The van der Waals surface area contributed by atoms with Crippen LogP contribution in [0.4, 0.5) is 5.13 Å². The molecule has 2 heterocycles. The number of carbonyl (C=O) groups is 1. The molecule has 0 bridgehead atoms. The van der Waals surface area contributed by atoms with Crippen LogP contribution in [0.5, 0.6) is 11.5 Å². The number of rotatable bonds is 3. The average Bonchev–Trinajstić information content (AvgIpc) is 2.95. The zero-order valence-electron chi connectivity index (χ0n) is 12.4. The van der Waals surface area contributed by atoms with Crippen LogP contribution in [0.1, 0.15) is 12.0 Å². The van der Waals surface area contributed by atoms with Crippen LogP contribution in [0, 0.1) is 11.3 Å². The lowest BCUT2D eigenvalue weighted by molar-refractivity contribution is -0.112. The van der Waals surface area contributed by atoms with Crippen LogP contribution in [0.2, 0.25) is 5.02 Å². The Labute approximate surface area is 147 Å². The van der Waals surface area contributed by atoms with E-state index >= 15 is 0 Å². The summed E-state index contributed by atoms with van der Waals surface area (Å²) in [6.07, 6.45) is 3.78. The number of nitriles is 1. The van der Waals surface area contributed by atoms with Gasteiger partial charge < -0.3 is 9.47 Å². The number of amides is 1. The molecule has 2 aromatic rings. The van der Waals surface area contributed by atoms with Gasteiger partial charge in [-0.2, -0.15) is 5.26 Å². The molecule has 122 valence electrons. The molecule has 0 spiro atoms. The highest BCUT2D eigenvalue weighted by Crippen LogP contribution is 2.38. The molecule has 0 saturated heterocycles. The third kappa shape index (κ3) is 3.67. The number of hydrogen-bond donors (Lipinski definition) is 1. The molecule has 0 fully saturated rings. The van der Waals surface area contributed by atoms with Crippen molar-refractivity contribution in [1.29, 1.82) is 5.26 Å². The maximum atomic E-state index is 12.2. The van der Waals surface area contributed by atoms with Crippen molar-refractivity contribution in [1.82, 2.24) is 4.98 Å². The number of benzene rings is 1. The summed E-state index contributed by atoms with van der Waals surface area (Å²) in [5.41, 5.74) is 0.519. The van der Waals surface area contributed by atoms with Gasteiger partial charge in [0.2, 0.25) is 0 Å². The molecule has 24 heavy (non-hydrogen) atoms. The molecule has 3 rings (SSSR count). The van der Waals surface area contributed by atoms with Crippen molar-refractivity contribution in [2.45, 2.75) is 6.42 Å². The van der Waals surface area contributed by atoms with Crippen molar-refractivity contribution in [2.24, 2.45) is 0 Å². The molecular weight excluding hydrogens is 350 g/mol. The Balaban J connectivity index is 1.88. The molecule has 1 aromatic carbocycles. The van der Waals surface area contributed by atoms with Crippen molar-refractivity contribution in [2.75, 3.05) is 18.5 Å². The molecule has 6 nitrogen and oxygen atoms in total. The smallest absolute Gasteiger partial charge is 0.268 e. The van der Waals surface area contributed by atoms with Crippen LogP contribution >= 0.6 is 22.9 Å². The molecule has 0 aliphatic carbocycles. The van der Waals surface area contributed by atoms with Crippen molar-refractivity contribution in [3.63, 3.8) is 0 Å². The highest BCUT2D eigenvalue weighted by atomic mass is 35.5. The quantitative estimate of drug-likeness (QED) is 0.668. The number of nitrogens with one attached hydrogen (secondary N) is 1. The Morgan fingerprint density at radius 1 is 1.42 bits per heavy atom. The Morgan fingerprint density at radius 3 is 3.00 bits per heavy atom. The lowest BCUT2D eigenvalue weighted by atomic mass is 10.1. The average molecular weight is 362 g/mol. The fourth-order valence-corrected chi connectivity index (χ4v) is 2.90. The molecule has 1 aliphatic heterocycles. The molecular formula is C16H12ClN3O3S. The molecule has 0 atom stereocenters. The monoisotopic (exact) mass is 361 g/mol. The van der Waals surface area contributed by atoms with Crippen LogP contribution in [0.15, 0.2) is 29.3 Å². The molecule has 8 heteroatoms. The summed E-state index contributed by atoms with van der Waals surface area (Å²) in [5, 5.41) is 14.4. The topological polar surface area (TPSA) is 84.2 Å². The predicted octanol–water partition coefficient (Wildman–Crippen LogP) is 3.50. The predicted molar refractivity (Wildman–Crippen MR) is 91.4 cm³/mol. The second-order valence-corrected chi connectivity index (χ2v) is 6.14. The van der Waals surface area contributed by atoms with E-state index in [1.54, 1.807) is 23.7 Å². The fourth-order valence-electron chi connectivity index (χ4n) is 2.10. The lowest BCUT2D eigenvalue weighted by Gasteiger charge is -2.10. The maximum Gasteiger partial charge on any atom is 0.268 e. The normalized spacial score (nSPS) is 13.8. The van der Waals surface area contributed by atoms with E-state index in [9.17, 15) is 10.1 Å². The summed E-state index contributed by atoms with van der Waals surface area (Å²) < 4.78 is 11.2. The second kappa shape index (κ2) is 7.34. The first-order chi connectivity index (χ1) is 11.7. The first-order valence-corrected chi connectivity index (χ1v) is 8.35.